The van der Waals surface area contributed by atoms with E-state index in [2.05, 4.69) is 21.4 Å². The van der Waals surface area contributed by atoms with Crippen LogP contribution in [0.25, 0.3) is 0 Å². The fraction of sp³-hybridized carbons (Fsp3) is 0. The second-order valence-electron chi connectivity index (χ2n) is 2.15. The molecule has 1 aromatic rings. The van der Waals surface area contributed by atoms with E-state index in [4.69, 9.17) is 17.4 Å². The third-order valence-corrected chi connectivity index (χ3v) is 1.97. The highest BCUT2D eigenvalue weighted by Gasteiger charge is 2.03. The number of rotatable bonds is 2. The van der Waals surface area contributed by atoms with Gasteiger partial charge in [0, 0.05) is 10.0 Å². The van der Waals surface area contributed by atoms with Crippen LogP contribution < -0.4 is 11.3 Å². The summed E-state index contributed by atoms with van der Waals surface area (Å²) in [5.74, 6) is 5.16. The first-order valence-corrected chi connectivity index (χ1v) is 4.27. The molecule has 0 heterocycles. The molecule has 64 valence electrons. The Morgan fingerprint density at radius 3 is 2.67 bits per heavy atom. The normalized spacial score (nSPS) is 9.58. The van der Waals surface area contributed by atoms with Gasteiger partial charge in [0.05, 0.1) is 5.69 Å². The Morgan fingerprint density at radius 2 is 2.17 bits per heavy atom. The van der Waals surface area contributed by atoms with Crippen LogP contribution in [0, 0.1) is 0 Å². The van der Waals surface area contributed by atoms with E-state index in [0.29, 0.717) is 11.3 Å². The van der Waals surface area contributed by atoms with Gasteiger partial charge in [0.2, 0.25) is 0 Å². The van der Waals surface area contributed by atoms with Crippen molar-refractivity contribution in [1.82, 2.24) is 0 Å². The van der Waals surface area contributed by atoms with Gasteiger partial charge in [0.15, 0.2) is 0 Å². The van der Waals surface area contributed by atoms with Crippen molar-refractivity contribution in [2.24, 2.45) is 5.84 Å². The average Bonchev–Trinajstić information content (AvgIpc) is 2.03. The Labute approximate surface area is 83.0 Å². The minimum absolute atomic E-state index is 0.402. The third kappa shape index (κ3) is 2.20. The second-order valence-corrected chi connectivity index (χ2v) is 3.41. The van der Waals surface area contributed by atoms with E-state index in [-0.39, 0.29) is 0 Å². The summed E-state index contributed by atoms with van der Waals surface area (Å²) in [5, 5.41) is -0.507. The highest BCUT2D eigenvalue weighted by molar-refractivity contribution is 9.10. The number of hydrogen-bond donors (Lipinski definition) is 2. The molecule has 1 aromatic carbocycles. The molecule has 0 aliphatic rings. The van der Waals surface area contributed by atoms with Gasteiger partial charge in [-0.3, -0.25) is 10.6 Å². The molecular weight excluding hydrogens is 243 g/mol. The van der Waals surface area contributed by atoms with Crippen molar-refractivity contribution in [3.8, 4) is 0 Å². The molecule has 3 N–H and O–H groups in total. The molecule has 0 aliphatic heterocycles. The van der Waals surface area contributed by atoms with Crippen molar-refractivity contribution in [3.63, 3.8) is 0 Å². The summed E-state index contributed by atoms with van der Waals surface area (Å²) in [5.41, 5.74) is 3.46. The molecule has 0 bridgehead atoms. The first-order valence-electron chi connectivity index (χ1n) is 3.10. The van der Waals surface area contributed by atoms with Crippen molar-refractivity contribution in [2.75, 3.05) is 5.43 Å². The summed E-state index contributed by atoms with van der Waals surface area (Å²) in [6.07, 6.45) is 0. The lowest BCUT2D eigenvalue weighted by Crippen LogP contribution is -2.07. The van der Waals surface area contributed by atoms with Crippen LogP contribution in [-0.4, -0.2) is 5.24 Å². The van der Waals surface area contributed by atoms with Crippen LogP contribution in [0.2, 0.25) is 0 Å². The summed E-state index contributed by atoms with van der Waals surface area (Å²) < 4.78 is 0.752. The van der Waals surface area contributed by atoms with E-state index in [9.17, 15) is 4.79 Å². The molecule has 12 heavy (non-hydrogen) atoms. The Morgan fingerprint density at radius 1 is 1.50 bits per heavy atom. The van der Waals surface area contributed by atoms with E-state index in [1.54, 1.807) is 18.2 Å². The van der Waals surface area contributed by atoms with Crippen molar-refractivity contribution in [3.05, 3.63) is 28.2 Å². The number of benzene rings is 1. The van der Waals surface area contributed by atoms with Gasteiger partial charge in [0.25, 0.3) is 5.24 Å². The molecule has 0 radical (unpaired) electrons. The highest BCUT2D eigenvalue weighted by Crippen LogP contribution is 2.19. The topological polar surface area (TPSA) is 55.1 Å². The van der Waals surface area contributed by atoms with Crippen molar-refractivity contribution in [2.45, 2.75) is 0 Å². The maximum atomic E-state index is 10.7. The molecule has 3 nitrogen and oxygen atoms in total. The van der Waals surface area contributed by atoms with E-state index in [1.807, 2.05) is 0 Å². The minimum atomic E-state index is -0.507. The molecule has 0 aliphatic carbocycles. The van der Waals surface area contributed by atoms with Gasteiger partial charge in [-0.25, -0.2) is 0 Å². The molecule has 5 heteroatoms. The molecule has 0 saturated heterocycles. The highest BCUT2D eigenvalue weighted by atomic mass is 79.9. The van der Waals surface area contributed by atoms with Gasteiger partial charge >= 0.3 is 0 Å². The molecule has 0 aromatic heterocycles. The standard InChI is InChI=1S/C7H6BrClN2O/c8-5-1-4(7(9)12)2-6(3-5)11-10/h1-3,11H,10H2. The van der Waals surface area contributed by atoms with Crippen molar-refractivity contribution >= 4 is 38.5 Å². The Kier molecular flexibility index (Phi) is 3.08. The lowest BCUT2D eigenvalue weighted by Gasteiger charge is -2.02. The van der Waals surface area contributed by atoms with Gasteiger partial charge < -0.3 is 5.43 Å². The summed E-state index contributed by atoms with van der Waals surface area (Å²) >= 11 is 8.49. The Hall–Kier alpha value is -0.580. The number of nitrogens with one attached hydrogen (secondary N) is 1. The van der Waals surface area contributed by atoms with Crippen molar-refractivity contribution < 1.29 is 4.79 Å². The van der Waals surface area contributed by atoms with Crippen molar-refractivity contribution in [1.29, 1.82) is 0 Å². The van der Waals surface area contributed by atoms with E-state index < -0.39 is 5.24 Å². The van der Waals surface area contributed by atoms with Gasteiger partial charge in [-0.2, -0.15) is 0 Å². The minimum Gasteiger partial charge on any atom is -0.324 e. The van der Waals surface area contributed by atoms with Crippen LogP contribution in [-0.2, 0) is 0 Å². The molecular formula is C7H6BrClN2O. The van der Waals surface area contributed by atoms with Crippen LogP contribution in [0.4, 0.5) is 5.69 Å². The lowest BCUT2D eigenvalue weighted by molar-refractivity contribution is 0.108. The zero-order valence-corrected chi connectivity index (χ0v) is 8.32. The number of hydrogen-bond acceptors (Lipinski definition) is 3. The predicted octanol–water partition coefficient (Wildman–Crippen LogP) is 2.11. The smallest absolute Gasteiger partial charge is 0.252 e. The lowest BCUT2D eigenvalue weighted by atomic mass is 10.2. The Bertz CT molecular complexity index is 316. The predicted molar refractivity (Wildman–Crippen MR) is 52.1 cm³/mol. The molecule has 0 fully saturated rings. The van der Waals surface area contributed by atoms with Gasteiger partial charge in [0.1, 0.15) is 0 Å². The summed E-state index contributed by atoms with van der Waals surface area (Å²) in [4.78, 5) is 10.7. The fourth-order valence-corrected chi connectivity index (χ4v) is 1.39. The summed E-state index contributed by atoms with van der Waals surface area (Å²) in [7, 11) is 0. The first kappa shape index (κ1) is 9.51. The molecule has 0 atom stereocenters. The summed E-state index contributed by atoms with van der Waals surface area (Å²) in [6.45, 7) is 0. The molecule has 0 spiro atoms. The molecule has 1 rings (SSSR count). The van der Waals surface area contributed by atoms with Gasteiger partial charge in [-0.1, -0.05) is 15.9 Å². The first-order chi connectivity index (χ1) is 5.63. The average molecular weight is 249 g/mol. The number of hydrazine groups is 1. The number of halogens is 2. The van der Waals surface area contributed by atoms with Crippen LogP contribution in [0.3, 0.4) is 0 Å². The van der Waals surface area contributed by atoms with Gasteiger partial charge in [-0.15, -0.1) is 0 Å². The number of nitrogen functional groups attached to an aromatic ring is 1. The number of carbonyl (C=O) groups excluding carboxylic acids is 1. The van der Waals surface area contributed by atoms with Crippen LogP contribution >= 0.6 is 27.5 Å². The quantitative estimate of drug-likeness (QED) is 0.479. The van der Waals surface area contributed by atoms with E-state index >= 15 is 0 Å². The molecule has 0 amide bonds. The summed E-state index contributed by atoms with van der Waals surface area (Å²) in [6, 6.07) is 4.93. The molecule has 0 unspecified atom stereocenters. The monoisotopic (exact) mass is 248 g/mol. The Balaban J connectivity index is 3.15. The number of nitrogens with two attached hydrogens (primary N) is 1. The maximum absolute atomic E-state index is 10.7. The van der Waals surface area contributed by atoms with Crippen LogP contribution in [0.5, 0.6) is 0 Å². The second kappa shape index (κ2) is 3.89. The number of anilines is 1. The zero-order valence-electron chi connectivity index (χ0n) is 5.97. The van der Waals surface area contributed by atoms with Gasteiger partial charge in [-0.05, 0) is 29.8 Å². The third-order valence-electron chi connectivity index (χ3n) is 1.29. The van der Waals surface area contributed by atoms with E-state index in [0.717, 1.165) is 4.47 Å². The molecule has 0 saturated carbocycles. The SMILES string of the molecule is NNc1cc(Br)cc(C(=O)Cl)c1. The van der Waals surface area contributed by atoms with E-state index in [1.165, 1.54) is 0 Å². The largest absolute Gasteiger partial charge is 0.324 e. The number of carbonyl (C=O) groups is 1. The van der Waals surface area contributed by atoms with Crippen LogP contribution in [0.1, 0.15) is 10.4 Å². The van der Waals surface area contributed by atoms with Crippen LogP contribution in [0.15, 0.2) is 22.7 Å². The zero-order chi connectivity index (χ0) is 9.14. The maximum Gasteiger partial charge on any atom is 0.252 e. The fourth-order valence-electron chi connectivity index (χ4n) is 0.786.